The second kappa shape index (κ2) is 12.5. The fourth-order valence-corrected chi connectivity index (χ4v) is 14.8. The highest BCUT2D eigenvalue weighted by molar-refractivity contribution is 7.75. The zero-order valence-corrected chi connectivity index (χ0v) is 28.5. The van der Waals surface area contributed by atoms with Gasteiger partial charge in [0.25, 0.3) is 0 Å². The molecule has 0 radical (unpaired) electrons. The van der Waals surface area contributed by atoms with Crippen LogP contribution in [0.1, 0.15) is 62.3 Å². The Morgan fingerprint density at radius 1 is 0.439 bits per heavy atom. The summed E-state index contributed by atoms with van der Waals surface area (Å²) >= 11 is 0. The summed E-state index contributed by atoms with van der Waals surface area (Å²) in [5.74, 6) is 0.438. The van der Waals surface area contributed by atoms with E-state index in [1.54, 1.807) is 0 Å². The molecule has 2 heteroatoms. The van der Waals surface area contributed by atoms with E-state index in [2.05, 4.69) is 184 Å². The van der Waals surface area contributed by atoms with Crippen molar-refractivity contribution in [1.29, 1.82) is 0 Å². The van der Waals surface area contributed by atoms with Crippen LogP contribution in [0.15, 0.2) is 121 Å². The summed E-state index contributed by atoms with van der Waals surface area (Å²) in [5.41, 5.74) is 0.124. The minimum atomic E-state index is -0.736. The molecule has 0 aromatic heterocycles. The third-order valence-electron chi connectivity index (χ3n) is 8.72. The first-order chi connectivity index (χ1) is 19.3. The molecule has 0 saturated heterocycles. The molecule has 0 aliphatic carbocycles. The number of rotatable bonds is 8. The fourth-order valence-electron chi connectivity index (χ4n) is 7.50. The average molecular weight is 581 g/mol. The quantitative estimate of drug-likeness (QED) is 0.182. The van der Waals surface area contributed by atoms with Crippen molar-refractivity contribution in [2.75, 3.05) is 6.16 Å². The van der Waals surface area contributed by atoms with Gasteiger partial charge in [0.2, 0.25) is 0 Å². The van der Waals surface area contributed by atoms with Crippen molar-refractivity contribution in [2.45, 2.75) is 67.5 Å². The fraction of sp³-hybridized carbons (Fsp3) is 0.385. The topological polar surface area (TPSA) is 0 Å². The molecule has 0 bridgehead atoms. The van der Waals surface area contributed by atoms with Crippen molar-refractivity contribution in [3.8, 4) is 0 Å². The van der Waals surface area contributed by atoms with Crippen molar-refractivity contribution >= 4 is 37.1 Å². The second-order valence-electron chi connectivity index (χ2n) is 14.5. The molecule has 0 fully saturated rings. The van der Waals surface area contributed by atoms with Crippen LogP contribution in [0.5, 0.6) is 0 Å². The molecular weight excluding hydrogens is 530 g/mol. The summed E-state index contributed by atoms with van der Waals surface area (Å²) in [6.07, 6.45) is 1.15. The highest BCUT2D eigenvalue weighted by atomic mass is 31.1. The van der Waals surface area contributed by atoms with E-state index in [1.807, 2.05) is 0 Å². The molecular formula is C39H50P2. The maximum absolute atomic E-state index is 2.53. The first-order valence-electron chi connectivity index (χ1n) is 15.1. The van der Waals surface area contributed by atoms with Crippen LogP contribution >= 0.6 is 15.8 Å². The highest BCUT2D eigenvalue weighted by Gasteiger charge is 2.62. The predicted molar refractivity (Wildman–Crippen MR) is 188 cm³/mol. The lowest BCUT2D eigenvalue weighted by molar-refractivity contribution is 0.0336. The van der Waals surface area contributed by atoms with Gasteiger partial charge in [0.1, 0.15) is 0 Å². The Morgan fingerprint density at radius 3 is 1.00 bits per heavy atom. The summed E-state index contributed by atoms with van der Waals surface area (Å²) in [6, 6.07) is 45.6. The molecule has 0 heterocycles. The van der Waals surface area contributed by atoms with Crippen molar-refractivity contribution in [3.05, 3.63) is 121 Å². The van der Waals surface area contributed by atoms with Gasteiger partial charge < -0.3 is 0 Å². The van der Waals surface area contributed by atoms with E-state index in [1.165, 1.54) is 21.2 Å². The van der Waals surface area contributed by atoms with Gasteiger partial charge >= 0.3 is 0 Å². The van der Waals surface area contributed by atoms with E-state index in [0.717, 1.165) is 6.16 Å². The van der Waals surface area contributed by atoms with E-state index in [9.17, 15) is 0 Å². The van der Waals surface area contributed by atoms with Gasteiger partial charge in [0.05, 0.1) is 0 Å². The van der Waals surface area contributed by atoms with Crippen molar-refractivity contribution in [3.63, 3.8) is 0 Å². The van der Waals surface area contributed by atoms with Gasteiger partial charge in [0.15, 0.2) is 0 Å². The first-order valence-corrected chi connectivity index (χ1v) is 17.9. The molecule has 1 unspecified atom stereocenters. The van der Waals surface area contributed by atoms with Crippen LogP contribution in [0.4, 0.5) is 0 Å². The summed E-state index contributed by atoms with van der Waals surface area (Å²) in [4.78, 5) is 0. The Labute approximate surface area is 253 Å². The molecule has 0 N–H and O–H groups in total. The maximum atomic E-state index is 2.53. The summed E-state index contributed by atoms with van der Waals surface area (Å²) in [6.45, 7) is 22.7. The van der Waals surface area contributed by atoms with Crippen LogP contribution in [0.25, 0.3) is 0 Å². The Hall–Kier alpha value is -2.26. The Morgan fingerprint density at radius 2 is 0.732 bits per heavy atom. The highest BCUT2D eigenvalue weighted by Crippen LogP contribution is 2.71. The van der Waals surface area contributed by atoms with E-state index in [-0.39, 0.29) is 21.4 Å². The maximum Gasteiger partial charge on any atom is 0.0119 e. The van der Waals surface area contributed by atoms with Gasteiger partial charge in [-0.05, 0) is 65.4 Å². The minimum Gasteiger partial charge on any atom is -0.0622 e. The molecule has 4 aromatic carbocycles. The molecule has 0 aliphatic heterocycles. The molecule has 0 spiro atoms. The minimum absolute atomic E-state index is 0.0228. The number of benzene rings is 4. The van der Waals surface area contributed by atoms with Gasteiger partial charge in [-0.1, -0.05) is 184 Å². The largest absolute Gasteiger partial charge is 0.0622 e. The lowest BCUT2D eigenvalue weighted by Gasteiger charge is -2.65. The SMILES string of the molecule is CC(C)(C)C(CP(c1ccccc1)c1ccccc1)C(P(c1ccccc1)c1ccccc1)(C(C)(C)C)C(C)(C)C. The van der Waals surface area contributed by atoms with Crippen molar-refractivity contribution < 1.29 is 0 Å². The average Bonchev–Trinajstić information content (AvgIpc) is 2.92. The second-order valence-corrected chi connectivity index (χ2v) is 19.1. The molecule has 4 aromatic rings. The van der Waals surface area contributed by atoms with E-state index in [0.29, 0.717) is 5.92 Å². The Balaban J connectivity index is 2.08. The first kappa shape index (κ1) is 31.7. The van der Waals surface area contributed by atoms with Crippen molar-refractivity contribution in [2.24, 2.45) is 22.2 Å². The summed E-state index contributed by atoms with van der Waals surface area (Å²) in [7, 11) is -1.30. The smallest absolute Gasteiger partial charge is 0.0119 e. The monoisotopic (exact) mass is 580 g/mol. The summed E-state index contributed by atoms with van der Waals surface area (Å²) in [5, 5.41) is 5.89. The van der Waals surface area contributed by atoms with E-state index >= 15 is 0 Å². The van der Waals surface area contributed by atoms with Gasteiger partial charge in [-0.15, -0.1) is 0 Å². The van der Waals surface area contributed by atoms with Gasteiger partial charge in [-0.2, -0.15) is 0 Å². The van der Waals surface area contributed by atoms with Gasteiger partial charge in [-0.25, -0.2) is 0 Å². The lowest BCUT2D eigenvalue weighted by atomic mass is 9.55. The van der Waals surface area contributed by atoms with Gasteiger partial charge in [0, 0.05) is 5.16 Å². The molecule has 41 heavy (non-hydrogen) atoms. The van der Waals surface area contributed by atoms with Crippen LogP contribution < -0.4 is 21.2 Å². The number of hydrogen-bond acceptors (Lipinski definition) is 0. The van der Waals surface area contributed by atoms with Crippen LogP contribution in [-0.2, 0) is 0 Å². The Bertz CT molecular complexity index is 1250. The Kier molecular flexibility index (Phi) is 9.69. The normalized spacial score (nSPS) is 13.9. The zero-order valence-electron chi connectivity index (χ0n) is 26.7. The molecule has 1 atom stereocenters. The third kappa shape index (κ3) is 6.56. The molecule has 0 amide bonds. The van der Waals surface area contributed by atoms with Crippen LogP contribution in [0.3, 0.4) is 0 Å². The lowest BCUT2D eigenvalue weighted by Crippen LogP contribution is -2.63. The van der Waals surface area contributed by atoms with Crippen molar-refractivity contribution in [1.82, 2.24) is 0 Å². The van der Waals surface area contributed by atoms with Crippen LogP contribution in [0.2, 0.25) is 0 Å². The molecule has 0 nitrogen and oxygen atoms in total. The van der Waals surface area contributed by atoms with E-state index < -0.39 is 15.8 Å². The molecule has 0 aliphatic rings. The molecule has 216 valence electrons. The standard InChI is InChI=1S/C39H50P2/c1-36(2,3)35(30-40(31-22-14-10-15-23-31)32-24-16-11-17-25-32)39(37(4,5)6,38(7,8)9)41(33-26-18-12-19-27-33)34-28-20-13-21-29-34/h10-29,35H,30H2,1-9H3. The van der Waals surface area contributed by atoms with E-state index in [4.69, 9.17) is 0 Å². The molecule has 4 rings (SSSR count). The zero-order chi connectivity index (χ0) is 29.9. The predicted octanol–water partition coefficient (Wildman–Crippen LogP) is 9.75. The van der Waals surface area contributed by atoms with Crippen LogP contribution in [0, 0.1) is 22.2 Å². The third-order valence-corrected chi connectivity index (χ3v) is 15.3. The number of hydrogen-bond donors (Lipinski definition) is 0. The van der Waals surface area contributed by atoms with Gasteiger partial charge in [-0.3, -0.25) is 0 Å². The molecule has 0 saturated carbocycles. The van der Waals surface area contributed by atoms with Crippen LogP contribution in [-0.4, -0.2) is 11.3 Å². The summed E-state index contributed by atoms with van der Waals surface area (Å²) < 4.78 is 0.